The van der Waals surface area contributed by atoms with Crippen LogP contribution in [0.4, 0.5) is 0 Å². The number of hydrogen-bond donors (Lipinski definition) is 0. The molecule has 0 unspecified atom stereocenters. The Bertz CT molecular complexity index is 1010. The average molecular weight is 415 g/mol. The summed E-state index contributed by atoms with van der Waals surface area (Å²) in [6, 6.07) is 22.4. The molecular formula is C20H13Cl2Zr. The Hall–Kier alpha value is -1.01. The maximum absolute atomic E-state index is 2.32. The first-order valence-corrected chi connectivity index (χ1v) is 7.05. The molecule has 0 saturated carbocycles. The van der Waals surface area contributed by atoms with Crippen LogP contribution < -0.4 is 24.8 Å². The maximum atomic E-state index is 2.32. The van der Waals surface area contributed by atoms with E-state index in [4.69, 9.17) is 0 Å². The Morgan fingerprint density at radius 3 is 2.17 bits per heavy atom. The summed E-state index contributed by atoms with van der Waals surface area (Å²) in [7, 11) is 0. The molecule has 0 heterocycles. The minimum atomic E-state index is 0. The summed E-state index contributed by atoms with van der Waals surface area (Å²) in [5.74, 6) is 0. The van der Waals surface area contributed by atoms with Crippen molar-refractivity contribution in [2.24, 2.45) is 0 Å². The van der Waals surface area contributed by atoms with Crippen molar-refractivity contribution >= 4 is 21.5 Å². The molecule has 1 aliphatic rings. The molecule has 4 aromatic rings. The van der Waals surface area contributed by atoms with Crippen LogP contribution in [0.5, 0.6) is 0 Å². The van der Waals surface area contributed by atoms with Gasteiger partial charge in [0.1, 0.15) is 0 Å². The summed E-state index contributed by atoms with van der Waals surface area (Å²) >= 11 is 0. The third-order valence-corrected chi connectivity index (χ3v) is 4.50. The average Bonchev–Trinajstić information content (AvgIpc) is 2.99. The van der Waals surface area contributed by atoms with Crippen LogP contribution in [-0.4, -0.2) is 0 Å². The molecule has 1 aliphatic carbocycles. The van der Waals surface area contributed by atoms with Crippen LogP contribution in [0, 0.1) is 6.92 Å². The molecule has 111 valence electrons. The number of benzene rings is 3. The van der Waals surface area contributed by atoms with Crippen molar-refractivity contribution in [2.75, 3.05) is 0 Å². The molecule has 4 aromatic carbocycles. The molecule has 0 atom stereocenters. The zero-order chi connectivity index (χ0) is 13.3. The van der Waals surface area contributed by atoms with Crippen LogP contribution in [0.15, 0.2) is 60.7 Å². The van der Waals surface area contributed by atoms with Gasteiger partial charge in [-0.3, -0.25) is 0 Å². The molecule has 1 radical (unpaired) electrons. The minimum Gasteiger partial charge on any atom is -1.00 e. The summed E-state index contributed by atoms with van der Waals surface area (Å²) in [4.78, 5) is 0. The van der Waals surface area contributed by atoms with Crippen LogP contribution in [0.1, 0.15) is 5.56 Å². The quantitative estimate of drug-likeness (QED) is 0.304. The van der Waals surface area contributed by atoms with Gasteiger partial charge in [0.2, 0.25) is 0 Å². The number of hydrogen-bond acceptors (Lipinski definition) is 0. The van der Waals surface area contributed by atoms with E-state index in [1.165, 1.54) is 49.4 Å². The van der Waals surface area contributed by atoms with Gasteiger partial charge in [0.15, 0.2) is 0 Å². The topological polar surface area (TPSA) is 0 Å². The van der Waals surface area contributed by atoms with E-state index in [9.17, 15) is 0 Å². The van der Waals surface area contributed by atoms with E-state index in [2.05, 4.69) is 67.6 Å². The Labute approximate surface area is 167 Å². The minimum absolute atomic E-state index is 0. The number of halogens is 2. The molecule has 0 N–H and O–H groups in total. The SMILES string of the molecule is Cc1cc2ccc3c(c2[cH-]1)-c1cccc2cccc-3c12.[Cl-].[Cl-].[Zr+3]. The molecule has 0 bridgehead atoms. The van der Waals surface area contributed by atoms with Gasteiger partial charge >= 0.3 is 26.2 Å². The van der Waals surface area contributed by atoms with E-state index in [0.717, 1.165) is 0 Å². The van der Waals surface area contributed by atoms with E-state index in [-0.39, 0.29) is 51.0 Å². The molecule has 0 amide bonds. The van der Waals surface area contributed by atoms with E-state index < -0.39 is 0 Å². The summed E-state index contributed by atoms with van der Waals surface area (Å²) in [6.07, 6.45) is 0. The first-order valence-electron chi connectivity index (χ1n) is 7.05. The Kier molecular flexibility index (Phi) is 5.16. The molecule has 0 aliphatic heterocycles. The molecule has 0 fully saturated rings. The van der Waals surface area contributed by atoms with Crippen molar-refractivity contribution < 1.29 is 51.0 Å². The summed E-state index contributed by atoms with van der Waals surface area (Å²) < 4.78 is 0. The normalized spacial score (nSPS) is 10.7. The van der Waals surface area contributed by atoms with Gasteiger partial charge in [0, 0.05) is 0 Å². The van der Waals surface area contributed by atoms with Gasteiger partial charge in [0.25, 0.3) is 0 Å². The molecule has 23 heavy (non-hydrogen) atoms. The van der Waals surface area contributed by atoms with E-state index in [1.807, 2.05) is 0 Å². The molecule has 3 heteroatoms. The zero-order valence-corrected chi connectivity index (χ0v) is 16.5. The second kappa shape index (κ2) is 6.48. The molecule has 5 rings (SSSR count). The van der Waals surface area contributed by atoms with Gasteiger partial charge in [-0.1, -0.05) is 66.1 Å². The predicted molar refractivity (Wildman–Crippen MR) is 86.2 cm³/mol. The van der Waals surface area contributed by atoms with Crippen molar-refractivity contribution in [3.63, 3.8) is 0 Å². The summed E-state index contributed by atoms with van der Waals surface area (Å²) in [5.41, 5.74) is 6.92. The van der Waals surface area contributed by atoms with Crippen molar-refractivity contribution in [2.45, 2.75) is 6.92 Å². The number of rotatable bonds is 0. The van der Waals surface area contributed by atoms with Gasteiger partial charge in [-0.15, -0.1) is 28.5 Å². The van der Waals surface area contributed by atoms with Crippen LogP contribution in [0.3, 0.4) is 0 Å². The van der Waals surface area contributed by atoms with Gasteiger partial charge < -0.3 is 24.8 Å². The first-order chi connectivity index (χ1) is 9.83. The van der Waals surface area contributed by atoms with E-state index in [0.29, 0.717) is 0 Å². The fourth-order valence-electron chi connectivity index (χ4n) is 3.72. The molecule has 0 nitrogen and oxygen atoms in total. The zero-order valence-electron chi connectivity index (χ0n) is 12.5. The van der Waals surface area contributed by atoms with Crippen molar-refractivity contribution in [1.29, 1.82) is 0 Å². The third-order valence-electron chi connectivity index (χ3n) is 4.50. The maximum Gasteiger partial charge on any atom is 3.00 e. The first kappa shape index (κ1) is 18.3. The van der Waals surface area contributed by atoms with Crippen LogP contribution >= 0.6 is 0 Å². The Balaban J connectivity index is 0.000000640. The van der Waals surface area contributed by atoms with Crippen molar-refractivity contribution in [3.8, 4) is 22.3 Å². The van der Waals surface area contributed by atoms with Crippen LogP contribution in [0.25, 0.3) is 43.8 Å². The van der Waals surface area contributed by atoms with Gasteiger partial charge in [-0.05, 0) is 16.3 Å². The van der Waals surface area contributed by atoms with Crippen LogP contribution in [-0.2, 0) is 26.2 Å². The molecule has 0 spiro atoms. The second-order valence-electron chi connectivity index (χ2n) is 5.73. The number of fused-ring (bicyclic) bond motifs is 5. The Morgan fingerprint density at radius 2 is 1.43 bits per heavy atom. The molecular weight excluding hydrogens is 402 g/mol. The standard InChI is InChI=1S/C20H13.2ClH.Zr/c1-12-10-14-8-9-16-15-6-2-4-13-5-3-7-17(19(13)15)20(16)18(14)11-12;;;/h2-11H,1H3;2*1H;/q-1;;;+3/p-2. The van der Waals surface area contributed by atoms with Crippen molar-refractivity contribution in [3.05, 3.63) is 66.2 Å². The summed E-state index contributed by atoms with van der Waals surface area (Å²) in [6.45, 7) is 2.18. The molecule has 0 saturated heterocycles. The fraction of sp³-hybridized carbons (Fsp3) is 0.0500. The monoisotopic (exact) mass is 413 g/mol. The van der Waals surface area contributed by atoms with Crippen molar-refractivity contribution in [1.82, 2.24) is 0 Å². The summed E-state index contributed by atoms with van der Waals surface area (Å²) in [5, 5.41) is 5.50. The van der Waals surface area contributed by atoms with E-state index in [1.54, 1.807) is 0 Å². The second-order valence-corrected chi connectivity index (χ2v) is 5.73. The van der Waals surface area contributed by atoms with Crippen LogP contribution in [0.2, 0.25) is 0 Å². The van der Waals surface area contributed by atoms with Gasteiger partial charge in [-0.2, -0.15) is 6.07 Å². The van der Waals surface area contributed by atoms with Gasteiger partial charge in [0.05, 0.1) is 0 Å². The number of aryl methyl sites for hydroxylation is 1. The van der Waals surface area contributed by atoms with Gasteiger partial charge in [-0.25, -0.2) is 0 Å². The Morgan fingerprint density at radius 1 is 0.739 bits per heavy atom. The smallest absolute Gasteiger partial charge is 1.00 e. The predicted octanol–water partition coefficient (Wildman–Crippen LogP) is -0.327. The molecule has 0 aromatic heterocycles. The third kappa shape index (κ3) is 2.42. The largest absolute Gasteiger partial charge is 3.00 e. The fourth-order valence-corrected chi connectivity index (χ4v) is 3.72. The van der Waals surface area contributed by atoms with E-state index >= 15 is 0 Å².